The highest BCUT2D eigenvalue weighted by atomic mass is 16.5. The third kappa shape index (κ3) is 4.53. The van der Waals surface area contributed by atoms with Crippen LogP contribution in [0.5, 0.6) is 0 Å². The zero-order valence-electron chi connectivity index (χ0n) is 9.98. The molecule has 5 N–H and O–H groups in total. The SMILES string of the molecule is BOC(CNC(=O)Nc1nc(=O)cc(C)[nH]1)NO. The van der Waals surface area contributed by atoms with Crippen LogP contribution < -0.4 is 21.7 Å². The van der Waals surface area contributed by atoms with Crippen LogP contribution in [0.1, 0.15) is 5.69 Å². The first-order chi connectivity index (χ1) is 8.55. The first kappa shape index (κ1) is 14.2. The number of hydroxylamine groups is 1. The molecule has 0 saturated heterocycles. The Morgan fingerprint density at radius 1 is 1.72 bits per heavy atom. The standard InChI is InChI=1S/C8H14BN5O4/c1-4-2-5(15)12-7(11-4)13-8(16)10-3-6(14-17)18-9/h2,6,14,17H,3,9H2,1H3,(H3,10,11,12,13,15,16). The summed E-state index contributed by atoms with van der Waals surface area (Å²) in [5.74, 6) is 0.0448. The van der Waals surface area contributed by atoms with E-state index in [1.54, 1.807) is 6.92 Å². The average molecular weight is 255 g/mol. The zero-order valence-corrected chi connectivity index (χ0v) is 9.98. The summed E-state index contributed by atoms with van der Waals surface area (Å²) in [6.45, 7) is 1.71. The molecule has 0 bridgehead atoms. The van der Waals surface area contributed by atoms with E-state index >= 15 is 0 Å². The van der Waals surface area contributed by atoms with E-state index in [0.717, 1.165) is 0 Å². The van der Waals surface area contributed by atoms with Crippen molar-refractivity contribution in [3.05, 3.63) is 22.1 Å². The second kappa shape index (κ2) is 6.74. The van der Waals surface area contributed by atoms with Gasteiger partial charge in [0, 0.05) is 11.8 Å². The maximum atomic E-state index is 11.4. The second-order valence-corrected chi connectivity index (χ2v) is 3.44. The third-order valence-electron chi connectivity index (χ3n) is 1.99. The molecule has 0 spiro atoms. The van der Waals surface area contributed by atoms with Crippen LogP contribution in [-0.2, 0) is 4.65 Å². The fourth-order valence-corrected chi connectivity index (χ4v) is 1.16. The average Bonchev–Trinajstić information content (AvgIpc) is 2.28. The van der Waals surface area contributed by atoms with Crippen LogP contribution >= 0.6 is 0 Å². The Hall–Kier alpha value is -1.91. The van der Waals surface area contributed by atoms with E-state index < -0.39 is 17.8 Å². The van der Waals surface area contributed by atoms with Gasteiger partial charge in [-0.05, 0) is 6.92 Å². The number of aryl methyl sites for hydroxylation is 1. The molecule has 0 aliphatic heterocycles. The second-order valence-electron chi connectivity index (χ2n) is 3.44. The lowest BCUT2D eigenvalue weighted by Crippen LogP contribution is -2.42. The number of urea groups is 1. The Kier molecular flexibility index (Phi) is 5.30. The third-order valence-corrected chi connectivity index (χ3v) is 1.99. The van der Waals surface area contributed by atoms with Gasteiger partial charge in [-0.2, -0.15) is 10.5 Å². The number of nitrogens with one attached hydrogen (secondary N) is 4. The molecule has 0 saturated carbocycles. The number of carbonyl (C=O) groups excluding carboxylic acids is 1. The summed E-state index contributed by atoms with van der Waals surface area (Å²) in [4.78, 5) is 28.8. The lowest BCUT2D eigenvalue weighted by molar-refractivity contribution is 0.0261. The number of hydrogen-bond acceptors (Lipinski definition) is 6. The predicted molar refractivity (Wildman–Crippen MR) is 65.0 cm³/mol. The summed E-state index contributed by atoms with van der Waals surface area (Å²) in [5.41, 5.74) is 1.98. The molecular formula is C8H14BN5O4. The number of hydrogen-bond donors (Lipinski definition) is 5. The molecule has 0 fully saturated rings. The van der Waals surface area contributed by atoms with Crippen LogP contribution in [0.15, 0.2) is 10.9 Å². The van der Waals surface area contributed by atoms with Crippen molar-refractivity contribution < 1.29 is 14.7 Å². The van der Waals surface area contributed by atoms with Gasteiger partial charge in [-0.3, -0.25) is 10.1 Å². The number of amides is 2. The van der Waals surface area contributed by atoms with Gasteiger partial charge < -0.3 is 20.2 Å². The fourth-order valence-electron chi connectivity index (χ4n) is 1.16. The minimum atomic E-state index is -0.722. The van der Waals surface area contributed by atoms with Crippen LogP contribution in [-0.4, -0.2) is 42.0 Å². The van der Waals surface area contributed by atoms with E-state index in [4.69, 9.17) is 9.86 Å². The Bertz CT molecular complexity index is 461. The maximum Gasteiger partial charge on any atom is 0.321 e. The molecule has 1 atom stereocenters. The van der Waals surface area contributed by atoms with E-state index in [1.807, 2.05) is 5.48 Å². The van der Waals surface area contributed by atoms with Crippen molar-refractivity contribution in [3.8, 4) is 0 Å². The Balaban J connectivity index is 2.51. The van der Waals surface area contributed by atoms with Crippen LogP contribution in [0.3, 0.4) is 0 Å². The summed E-state index contributed by atoms with van der Waals surface area (Å²) in [6.07, 6.45) is -0.722. The molecule has 1 heterocycles. The summed E-state index contributed by atoms with van der Waals surface area (Å²) >= 11 is 0. The van der Waals surface area contributed by atoms with Crippen molar-refractivity contribution in [2.45, 2.75) is 13.2 Å². The van der Waals surface area contributed by atoms with Crippen LogP contribution in [0, 0.1) is 6.92 Å². The number of anilines is 1. The van der Waals surface area contributed by atoms with Crippen LogP contribution in [0.25, 0.3) is 0 Å². The molecule has 0 aliphatic rings. The van der Waals surface area contributed by atoms with Gasteiger partial charge in [-0.15, -0.1) is 0 Å². The Morgan fingerprint density at radius 2 is 2.44 bits per heavy atom. The summed E-state index contributed by atoms with van der Waals surface area (Å²) in [5, 5.41) is 13.4. The van der Waals surface area contributed by atoms with Crippen LogP contribution in [0.4, 0.5) is 10.7 Å². The summed E-state index contributed by atoms with van der Waals surface area (Å²) in [6, 6.07) is 0.723. The van der Waals surface area contributed by atoms with Gasteiger partial charge in [0.2, 0.25) is 5.95 Å². The largest absolute Gasteiger partial charge is 0.427 e. The molecule has 10 heteroatoms. The Labute approximate surface area is 103 Å². The number of aromatic nitrogens is 2. The van der Waals surface area contributed by atoms with E-state index in [1.165, 1.54) is 14.1 Å². The normalized spacial score (nSPS) is 11.9. The first-order valence-electron chi connectivity index (χ1n) is 5.10. The van der Waals surface area contributed by atoms with Gasteiger partial charge in [0.15, 0.2) is 0 Å². The highest BCUT2D eigenvalue weighted by molar-refractivity contribution is 5.98. The van der Waals surface area contributed by atoms with Gasteiger partial charge in [0.1, 0.15) is 6.23 Å². The lowest BCUT2D eigenvalue weighted by atomic mass is 10.4. The van der Waals surface area contributed by atoms with Crippen molar-refractivity contribution in [2.24, 2.45) is 0 Å². The minimum Gasteiger partial charge on any atom is -0.427 e. The van der Waals surface area contributed by atoms with Crippen molar-refractivity contribution >= 4 is 20.0 Å². The Morgan fingerprint density at radius 3 is 3.00 bits per heavy atom. The summed E-state index contributed by atoms with van der Waals surface area (Å²) < 4.78 is 4.76. The molecule has 2 amide bonds. The van der Waals surface area contributed by atoms with Crippen LogP contribution in [0.2, 0.25) is 0 Å². The molecule has 0 radical (unpaired) electrons. The van der Waals surface area contributed by atoms with Gasteiger partial charge in [-0.25, -0.2) is 4.79 Å². The molecule has 1 aromatic rings. The molecule has 0 aromatic carbocycles. The van der Waals surface area contributed by atoms with Crippen molar-refractivity contribution in [3.63, 3.8) is 0 Å². The number of nitrogens with zero attached hydrogens (tertiary/aromatic N) is 1. The number of carbonyl (C=O) groups is 1. The molecule has 1 aromatic heterocycles. The topological polar surface area (TPSA) is 128 Å². The van der Waals surface area contributed by atoms with Gasteiger partial charge in [0.05, 0.1) is 6.54 Å². The molecule has 9 nitrogen and oxygen atoms in total. The summed E-state index contributed by atoms with van der Waals surface area (Å²) in [7, 11) is 1.37. The van der Waals surface area contributed by atoms with E-state index in [-0.39, 0.29) is 12.5 Å². The van der Waals surface area contributed by atoms with Crippen molar-refractivity contribution in [1.82, 2.24) is 20.8 Å². The van der Waals surface area contributed by atoms with Crippen molar-refractivity contribution in [1.29, 1.82) is 0 Å². The molecule has 1 rings (SSSR count). The monoisotopic (exact) mass is 255 g/mol. The predicted octanol–water partition coefficient (Wildman–Crippen LogP) is -1.93. The zero-order chi connectivity index (χ0) is 13.5. The smallest absolute Gasteiger partial charge is 0.321 e. The fraction of sp³-hybridized carbons (Fsp3) is 0.375. The molecule has 0 aliphatic carbocycles. The highest BCUT2D eigenvalue weighted by Crippen LogP contribution is 1.95. The molecular weight excluding hydrogens is 241 g/mol. The number of rotatable bonds is 5. The number of H-pyrrole nitrogens is 1. The number of aromatic amines is 1. The first-order valence-corrected chi connectivity index (χ1v) is 5.10. The van der Waals surface area contributed by atoms with Gasteiger partial charge in [-0.1, -0.05) is 0 Å². The van der Waals surface area contributed by atoms with Gasteiger partial charge in [0.25, 0.3) is 13.6 Å². The van der Waals surface area contributed by atoms with Crippen molar-refractivity contribution in [2.75, 3.05) is 11.9 Å². The molecule has 98 valence electrons. The minimum absolute atomic E-state index is 0.0366. The quantitative estimate of drug-likeness (QED) is 0.237. The van der Waals surface area contributed by atoms with E-state index in [0.29, 0.717) is 5.69 Å². The highest BCUT2D eigenvalue weighted by Gasteiger charge is 2.08. The van der Waals surface area contributed by atoms with E-state index in [2.05, 4.69) is 20.6 Å². The molecule has 1 unspecified atom stereocenters. The molecule has 18 heavy (non-hydrogen) atoms. The lowest BCUT2D eigenvalue weighted by Gasteiger charge is -2.14. The maximum absolute atomic E-state index is 11.4. The van der Waals surface area contributed by atoms with E-state index in [9.17, 15) is 9.59 Å². The van der Waals surface area contributed by atoms with Gasteiger partial charge >= 0.3 is 6.03 Å².